The van der Waals surface area contributed by atoms with Crippen LogP contribution < -0.4 is 0 Å². The number of nitrogens with zero attached hydrogens (tertiary/aromatic N) is 2. The number of rotatable bonds is 15. The van der Waals surface area contributed by atoms with E-state index in [4.69, 9.17) is 4.99 Å². The first-order valence-corrected chi connectivity index (χ1v) is 11.3. The van der Waals surface area contributed by atoms with Gasteiger partial charge in [-0.1, -0.05) is 84.0 Å². The molecule has 25 heavy (non-hydrogen) atoms. The highest BCUT2D eigenvalue weighted by Gasteiger charge is 2.31. The molecule has 0 fully saturated rings. The molecule has 1 aliphatic heterocycles. The summed E-state index contributed by atoms with van der Waals surface area (Å²) in [6.45, 7) is 12.5. The van der Waals surface area contributed by atoms with Crippen LogP contribution in [-0.2, 0) is 0 Å². The Kier molecular flexibility index (Phi) is 11.5. The van der Waals surface area contributed by atoms with Gasteiger partial charge in [-0.15, -0.1) is 0 Å². The second-order valence-electron chi connectivity index (χ2n) is 9.05. The lowest BCUT2D eigenvalue weighted by atomic mass is 10.0. The molecule has 0 amide bonds. The summed E-state index contributed by atoms with van der Waals surface area (Å²) >= 11 is 0. The molecule has 0 spiro atoms. The maximum absolute atomic E-state index is 4.96. The molecule has 0 aromatic carbocycles. The van der Waals surface area contributed by atoms with Gasteiger partial charge in [-0.05, 0) is 34.1 Å². The van der Waals surface area contributed by atoms with Crippen molar-refractivity contribution in [2.24, 2.45) is 4.99 Å². The number of unbranched alkanes of at least 4 members (excludes halogenated alkanes) is 12. The molecule has 148 valence electrons. The van der Waals surface area contributed by atoms with Gasteiger partial charge in [0.25, 0.3) is 0 Å². The van der Waals surface area contributed by atoms with E-state index in [0.717, 1.165) is 6.54 Å². The molecule has 0 aromatic heterocycles. The fourth-order valence-corrected chi connectivity index (χ4v) is 3.94. The third-order valence-corrected chi connectivity index (χ3v) is 5.45. The minimum Gasteiger partial charge on any atom is -0.356 e. The van der Waals surface area contributed by atoms with E-state index in [-0.39, 0.29) is 5.54 Å². The van der Waals surface area contributed by atoms with E-state index in [9.17, 15) is 0 Å². The molecule has 0 saturated heterocycles. The quantitative estimate of drug-likeness (QED) is 0.281. The molecule has 0 bridgehead atoms. The Morgan fingerprint density at radius 1 is 0.800 bits per heavy atom. The fraction of sp³-hybridized carbons (Fsp3) is 0.957. The van der Waals surface area contributed by atoms with Crippen molar-refractivity contribution in [2.75, 3.05) is 6.54 Å². The Balaban J connectivity index is 1.95. The number of hydrogen-bond donors (Lipinski definition) is 0. The average Bonchev–Trinajstić information content (AvgIpc) is 2.87. The van der Waals surface area contributed by atoms with Crippen molar-refractivity contribution >= 4 is 5.84 Å². The Morgan fingerprint density at radius 2 is 1.24 bits per heavy atom. The van der Waals surface area contributed by atoms with Gasteiger partial charge in [-0.2, -0.15) is 0 Å². The molecule has 1 heterocycles. The third-order valence-electron chi connectivity index (χ3n) is 5.45. The summed E-state index contributed by atoms with van der Waals surface area (Å²) in [7, 11) is 0. The van der Waals surface area contributed by atoms with E-state index in [0.29, 0.717) is 6.04 Å². The first kappa shape index (κ1) is 22.5. The van der Waals surface area contributed by atoms with Gasteiger partial charge in [-0.25, -0.2) is 0 Å². The van der Waals surface area contributed by atoms with Crippen molar-refractivity contribution in [3.8, 4) is 0 Å². The maximum Gasteiger partial charge on any atom is 0.0999 e. The zero-order valence-electron chi connectivity index (χ0n) is 18.1. The summed E-state index contributed by atoms with van der Waals surface area (Å²) in [5, 5.41) is 0. The summed E-state index contributed by atoms with van der Waals surface area (Å²) in [4.78, 5) is 7.47. The molecule has 2 heteroatoms. The van der Waals surface area contributed by atoms with E-state index < -0.39 is 0 Å². The predicted octanol–water partition coefficient (Wildman–Crippen LogP) is 7.37. The molecular formula is C23H46N2. The molecule has 0 N–H and O–H groups in total. The van der Waals surface area contributed by atoms with Gasteiger partial charge in [0.2, 0.25) is 0 Å². The Hall–Kier alpha value is -0.530. The molecule has 0 aliphatic carbocycles. The summed E-state index contributed by atoms with van der Waals surface area (Å²) in [5.41, 5.74) is 0.121. The number of amidine groups is 1. The third kappa shape index (κ3) is 10.3. The van der Waals surface area contributed by atoms with Crippen molar-refractivity contribution in [1.29, 1.82) is 0 Å². The van der Waals surface area contributed by atoms with Gasteiger partial charge in [-0.3, -0.25) is 4.99 Å². The van der Waals surface area contributed by atoms with Crippen LogP contribution in [0.25, 0.3) is 0 Å². The number of aliphatic imine (C=N–C) groups is 1. The lowest BCUT2D eigenvalue weighted by Crippen LogP contribution is -2.37. The van der Waals surface area contributed by atoms with Crippen LogP contribution in [0.3, 0.4) is 0 Å². The zero-order chi connectivity index (χ0) is 18.5. The van der Waals surface area contributed by atoms with Crippen molar-refractivity contribution in [3.63, 3.8) is 0 Å². The predicted molar refractivity (Wildman–Crippen MR) is 114 cm³/mol. The molecule has 0 saturated carbocycles. The van der Waals surface area contributed by atoms with Gasteiger partial charge >= 0.3 is 0 Å². The Morgan fingerprint density at radius 3 is 1.68 bits per heavy atom. The van der Waals surface area contributed by atoms with Gasteiger partial charge < -0.3 is 4.90 Å². The van der Waals surface area contributed by atoms with E-state index in [1.54, 1.807) is 0 Å². The summed E-state index contributed by atoms with van der Waals surface area (Å²) < 4.78 is 0. The minimum atomic E-state index is 0.121. The van der Waals surface area contributed by atoms with Crippen molar-refractivity contribution in [2.45, 2.75) is 136 Å². The van der Waals surface area contributed by atoms with Crippen LogP contribution in [0.4, 0.5) is 0 Å². The first-order valence-electron chi connectivity index (χ1n) is 11.3. The largest absolute Gasteiger partial charge is 0.356 e. The molecule has 2 nitrogen and oxygen atoms in total. The molecule has 0 unspecified atom stereocenters. The maximum atomic E-state index is 4.96. The first-order chi connectivity index (χ1) is 12.0. The van der Waals surface area contributed by atoms with Crippen LogP contribution in [0.2, 0.25) is 0 Å². The zero-order valence-corrected chi connectivity index (χ0v) is 18.1. The van der Waals surface area contributed by atoms with Crippen LogP contribution >= 0.6 is 0 Å². The molecular weight excluding hydrogens is 304 g/mol. The van der Waals surface area contributed by atoms with Crippen LogP contribution in [-0.4, -0.2) is 28.9 Å². The normalized spacial score (nSPS) is 16.7. The van der Waals surface area contributed by atoms with Crippen molar-refractivity contribution in [1.82, 2.24) is 4.90 Å². The van der Waals surface area contributed by atoms with Gasteiger partial charge in [0.05, 0.1) is 11.4 Å². The lowest BCUT2D eigenvalue weighted by Gasteiger charge is -2.26. The molecule has 1 rings (SSSR count). The van der Waals surface area contributed by atoms with Crippen LogP contribution in [0.15, 0.2) is 4.99 Å². The van der Waals surface area contributed by atoms with Crippen molar-refractivity contribution in [3.05, 3.63) is 0 Å². The minimum absolute atomic E-state index is 0.121. The highest BCUT2D eigenvalue weighted by atomic mass is 15.3. The highest BCUT2D eigenvalue weighted by Crippen LogP contribution is 2.24. The lowest BCUT2D eigenvalue weighted by molar-refractivity contribution is 0.320. The Labute approximate surface area is 158 Å². The van der Waals surface area contributed by atoms with E-state index in [2.05, 4.69) is 39.5 Å². The number of hydrogen-bond acceptors (Lipinski definition) is 2. The SMILES string of the molecule is CCCCCCCCCCCCCCCC1=NC(C)(C)CN1C(C)C. The summed E-state index contributed by atoms with van der Waals surface area (Å²) in [6, 6.07) is 0.586. The van der Waals surface area contributed by atoms with Gasteiger partial charge in [0.15, 0.2) is 0 Å². The van der Waals surface area contributed by atoms with E-state index in [1.807, 2.05) is 0 Å². The smallest absolute Gasteiger partial charge is 0.0999 e. The topological polar surface area (TPSA) is 15.6 Å². The highest BCUT2D eigenvalue weighted by molar-refractivity contribution is 5.84. The van der Waals surface area contributed by atoms with E-state index in [1.165, 1.54) is 95.7 Å². The molecule has 0 atom stereocenters. The van der Waals surface area contributed by atoms with Crippen LogP contribution in [0.5, 0.6) is 0 Å². The molecule has 1 aliphatic rings. The monoisotopic (exact) mass is 350 g/mol. The summed E-state index contributed by atoms with van der Waals surface area (Å²) in [6.07, 6.45) is 19.7. The summed E-state index contributed by atoms with van der Waals surface area (Å²) in [5.74, 6) is 1.36. The second-order valence-corrected chi connectivity index (χ2v) is 9.05. The Bertz CT molecular complexity index is 357. The van der Waals surface area contributed by atoms with E-state index >= 15 is 0 Å². The van der Waals surface area contributed by atoms with Gasteiger partial charge in [0.1, 0.15) is 0 Å². The van der Waals surface area contributed by atoms with Crippen LogP contribution in [0.1, 0.15) is 125 Å². The van der Waals surface area contributed by atoms with Crippen molar-refractivity contribution < 1.29 is 0 Å². The van der Waals surface area contributed by atoms with Gasteiger partial charge in [0, 0.05) is 19.0 Å². The molecule has 0 radical (unpaired) electrons. The standard InChI is InChI=1S/C23H46N2/c1-6-7-8-9-10-11-12-13-14-15-16-17-18-19-22-24-23(4,5)20-25(22)21(2)3/h21H,6-20H2,1-5H3. The van der Waals surface area contributed by atoms with Crippen LogP contribution in [0, 0.1) is 0 Å². The average molecular weight is 351 g/mol. The fourth-order valence-electron chi connectivity index (χ4n) is 3.94. The molecule has 0 aromatic rings. The second kappa shape index (κ2) is 12.8.